The van der Waals surface area contributed by atoms with Crippen molar-refractivity contribution >= 4 is 0 Å². The molecule has 2 unspecified atom stereocenters. The second-order valence-electron chi connectivity index (χ2n) is 7.35. The molecule has 1 fully saturated rings. The van der Waals surface area contributed by atoms with Gasteiger partial charge < -0.3 is 10.2 Å². The van der Waals surface area contributed by atoms with E-state index in [0.717, 1.165) is 6.54 Å². The van der Waals surface area contributed by atoms with Crippen LogP contribution in [0.4, 0.5) is 0 Å². The number of nitrogens with zero attached hydrogens (tertiary/aromatic N) is 1. The van der Waals surface area contributed by atoms with E-state index in [4.69, 9.17) is 0 Å². The van der Waals surface area contributed by atoms with E-state index in [1.807, 2.05) is 0 Å². The smallest absolute Gasteiger partial charge is 0.0451 e. The van der Waals surface area contributed by atoms with Crippen LogP contribution >= 0.6 is 0 Å². The summed E-state index contributed by atoms with van der Waals surface area (Å²) >= 11 is 0. The van der Waals surface area contributed by atoms with Gasteiger partial charge in [0.2, 0.25) is 0 Å². The van der Waals surface area contributed by atoms with Gasteiger partial charge >= 0.3 is 0 Å². The Morgan fingerprint density at radius 2 is 1.95 bits per heavy atom. The van der Waals surface area contributed by atoms with Gasteiger partial charge in [0, 0.05) is 18.6 Å². The number of hydrogen-bond acceptors (Lipinski definition) is 2. The van der Waals surface area contributed by atoms with Crippen molar-refractivity contribution in [1.29, 1.82) is 0 Å². The Bertz CT molecular complexity index is 397. The van der Waals surface area contributed by atoms with Crippen molar-refractivity contribution in [2.24, 2.45) is 5.41 Å². The van der Waals surface area contributed by atoms with Crippen LogP contribution < -0.4 is 5.32 Å². The summed E-state index contributed by atoms with van der Waals surface area (Å²) < 4.78 is 0. The minimum atomic E-state index is 0.435. The van der Waals surface area contributed by atoms with Gasteiger partial charge in [0.25, 0.3) is 0 Å². The molecule has 0 heterocycles. The van der Waals surface area contributed by atoms with Crippen molar-refractivity contribution in [3.05, 3.63) is 35.9 Å². The highest BCUT2D eigenvalue weighted by Gasteiger charge is 2.29. The Kier molecular flexibility index (Phi) is 5.22. The zero-order valence-electron chi connectivity index (χ0n) is 13.5. The maximum absolute atomic E-state index is 3.92. The first-order chi connectivity index (χ1) is 9.46. The fourth-order valence-corrected chi connectivity index (χ4v) is 3.43. The molecule has 1 aromatic rings. The lowest BCUT2D eigenvalue weighted by Crippen LogP contribution is -2.42. The highest BCUT2D eigenvalue weighted by molar-refractivity contribution is 5.19. The molecule has 2 rings (SSSR count). The Hall–Kier alpha value is -0.860. The fraction of sp³-hybridized carbons (Fsp3) is 0.667. The van der Waals surface area contributed by atoms with Crippen LogP contribution in [-0.4, -0.2) is 31.6 Å². The van der Waals surface area contributed by atoms with Crippen LogP contribution in [0.2, 0.25) is 0 Å². The Labute approximate surface area is 124 Å². The Morgan fingerprint density at radius 3 is 2.55 bits per heavy atom. The zero-order chi connectivity index (χ0) is 14.6. The standard InChI is InChI=1S/C18H30N2/c1-18(2)12-8-11-16(13-18)19-17(14-20(3)4)15-9-6-5-7-10-15/h5-7,9-10,16-17,19H,8,11-14H2,1-4H3. The molecular formula is C18H30N2. The van der Waals surface area contributed by atoms with Gasteiger partial charge in [0.05, 0.1) is 0 Å². The van der Waals surface area contributed by atoms with Gasteiger partial charge in [-0.2, -0.15) is 0 Å². The average molecular weight is 274 g/mol. The third-order valence-corrected chi connectivity index (χ3v) is 4.39. The molecule has 1 N–H and O–H groups in total. The predicted octanol–water partition coefficient (Wildman–Crippen LogP) is 3.85. The van der Waals surface area contributed by atoms with Crippen LogP contribution in [0.3, 0.4) is 0 Å². The van der Waals surface area contributed by atoms with Crippen molar-refractivity contribution in [2.45, 2.75) is 51.6 Å². The summed E-state index contributed by atoms with van der Waals surface area (Å²) in [6.45, 7) is 5.87. The predicted molar refractivity (Wildman–Crippen MR) is 86.9 cm³/mol. The summed E-state index contributed by atoms with van der Waals surface area (Å²) in [5.41, 5.74) is 1.90. The van der Waals surface area contributed by atoms with Crippen molar-refractivity contribution in [3.8, 4) is 0 Å². The Morgan fingerprint density at radius 1 is 1.25 bits per heavy atom. The minimum absolute atomic E-state index is 0.435. The first-order valence-electron chi connectivity index (χ1n) is 7.92. The van der Waals surface area contributed by atoms with Gasteiger partial charge in [-0.15, -0.1) is 0 Å². The third-order valence-electron chi connectivity index (χ3n) is 4.39. The van der Waals surface area contributed by atoms with E-state index in [1.165, 1.54) is 31.2 Å². The molecule has 0 bridgehead atoms. The molecule has 0 saturated heterocycles. The topological polar surface area (TPSA) is 15.3 Å². The van der Waals surface area contributed by atoms with Crippen molar-refractivity contribution in [1.82, 2.24) is 10.2 Å². The maximum atomic E-state index is 3.92. The summed E-state index contributed by atoms with van der Waals surface area (Å²) in [5, 5.41) is 3.92. The lowest BCUT2D eigenvalue weighted by atomic mass is 9.75. The van der Waals surface area contributed by atoms with E-state index in [0.29, 0.717) is 17.5 Å². The summed E-state index contributed by atoms with van der Waals surface area (Å²) in [6.07, 6.45) is 5.34. The van der Waals surface area contributed by atoms with E-state index in [2.05, 4.69) is 68.5 Å². The minimum Gasteiger partial charge on any atom is -0.308 e. The van der Waals surface area contributed by atoms with Crippen molar-refractivity contribution in [3.63, 3.8) is 0 Å². The molecule has 1 aliphatic rings. The van der Waals surface area contributed by atoms with Crippen molar-refractivity contribution < 1.29 is 0 Å². The first kappa shape index (κ1) is 15.5. The number of benzene rings is 1. The maximum Gasteiger partial charge on any atom is 0.0451 e. The van der Waals surface area contributed by atoms with Crippen LogP contribution in [0, 0.1) is 5.41 Å². The van der Waals surface area contributed by atoms with E-state index in [-0.39, 0.29) is 0 Å². The monoisotopic (exact) mass is 274 g/mol. The molecule has 0 aliphatic heterocycles. The van der Waals surface area contributed by atoms with E-state index >= 15 is 0 Å². The molecule has 2 atom stereocenters. The molecule has 0 radical (unpaired) electrons. The lowest BCUT2D eigenvalue weighted by molar-refractivity contribution is 0.182. The fourth-order valence-electron chi connectivity index (χ4n) is 3.43. The summed E-state index contributed by atoms with van der Waals surface area (Å²) in [6, 6.07) is 12.0. The normalized spacial score (nSPS) is 23.8. The molecular weight excluding hydrogens is 244 g/mol. The first-order valence-corrected chi connectivity index (χ1v) is 7.92. The second kappa shape index (κ2) is 6.73. The zero-order valence-corrected chi connectivity index (χ0v) is 13.5. The summed E-state index contributed by atoms with van der Waals surface area (Å²) in [7, 11) is 4.31. The highest BCUT2D eigenvalue weighted by Crippen LogP contribution is 2.36. The van der Waals surface area contributed by atoms with Crippen LogP contribution in [0.25, 0.3) is 0 Å². The molecule has 0 spiro atoms. The molecule has 1 aliphatic carbocycles. The van der Waals surface area contributed by atoms with Crippen LogP contribution in [0.1, 0.15) is 51.1 Å². The molecule has 2 nitrogen and oxygen atoms in total. The van der Waals surface area contributed by atoms with Gasteiger partial charge in [0.1, 0.15) is 0 Å². The third kappa shape index (κ3) is 4.60. The SMILES string of the molecule is CN(C)CC(NC1CCCC(C)(C)C1)c1ccccc1. The van der Waals surface area contributed by atoms with Crippen LogP contribution in [0.5, 0.6) is 0 Å². The molecule has 0 aromatic heterocycles. The second-order valence-corrected chi connectivity index (χ2v) is 7.35. The molecule has 20 heavy (non-hydrogen) atoms. The quantitative estimate of drug-likeness (QED) is 0.877. The number of rotatable bonds is 5. The van der Waals surface area contributed by atoms with Gasteiger partial charge in [-0.25, -0.2) is 0 Å². The summed E-state index contributed by atoms with van der Waals surface area (Å²) in [4.78, 5) is 2.28. The average Bonchev–Trinajstić information content (AvgIpc) is 2.37. The molecule has 2 heteroatoms. The highest BCUT2D eigenvalue weighted by atomic mass is 15.1. The van der Waals surface area contributed by atoms with E-state index in [1.54, 1.807) is 0 Å². The molecule has 1 aromatic carbocycles. The Balaban J connectivity index is 2.04. The lowest BCUT2D eigenvalue weighted by Gasteiger charge is -2.38. The molecule has 112 valence electrons. The van der Waals surface area contributed by atoms with Crippen LogP contribution in [0.15, 0.2) is 30.3 Å². The number of hydrogen-bond donors (Lipinski definition) is 1. The van der Waals surface area contributed by atoms with Gasteiger partial charge in [-0.1, -0.05) is 50.6 Å². The number of nitrogens with one attached hydrogen (secondary N) is 1. The van der Waals surface area contributed by atoms with Gasteiger partial charge in [-0.05, 0) is 44.3 Å². The van der Waals surface area contributed by atoms with Gasteiger partial charge in [-0.3, -0.25) is 0 Å². The molecule has 0 amide bonds. The summed E-state index contributed by atoms with van der Waals surface area (Å²) in [5.74, 6) is 0. The number of likely N-dealkylation sites (N-methyl/N-ethyl adjacent to an activating group) is 1. The van der Waals surface area contributed by atoms with Gasteiger partial charge in [0.15, 0.2) is 0 Å². The van der Waals surface area contributed by atoms with Crippen molar-refractivity contribution in [2.75, 3.05) is 20.6 Å². The van der Waals surface area contributed by atoms with E-state index in [9.17, 15) is 0 Å². The largest absolute Gasteiger partial charge is 0.308 e. The molecule has 1 saturated carbocycles. The van der Waals surface area contributed by atoms with E-state index < -0.39 is 0 Å². The van der Waals surface area contributed by atoms with Crippen LogP contribution in [-0.2, 0) is 0 Å².